The Hall–Kier alpha value is -3.21. The molecule has 0 aliphatic carbocycles. The lowest BCUT2D eigenvalue weighted by molar-refractivity contribution is -0.127. The van der Waals surface area contributed by atoms with Gasteiger partial charge in [0.1, 0.15) is 10.9 Å². The van der Waals surface area contributed by atoms with E-state index in [9.17, 15) is 10.1 Å². The van der Waals surface area contributed by atoms with Crippen molar-refractivity contribution < 1.29 is 4.79 Å². The van der Waals surface area contributed by atoms with Crippen LogP contribution in [-0.2, 0) is 11.3 Å². The monoisotopic (exact) mass is 473 g/mol. The van der Waals surface area contributed by atoms with Crippen LogP contribution < -0.4 is 0 Å². The van der Waals surface area contributed by atoms with Crippen molar-refractivity contribution in [2.75, 3.05) is 27.2 Å². The van der Waals surface area contributed by atoms with Crippen molar-refractivity contribution in [3.63, 3.8) is 0 Å². The van der Waals surface area contributed by atoms with Crippen LogP contribution in [0.2, 0.25) is 0 Å². The first kappa shape index (κ1) is 23.9. The van der Waals surface area contributed by atoms with Gasteiger partial charge in [-0.05, 0) is 57.6 Å². The zero-order chi connectivity index (χ0) is 24.4. The molecule has 0 saturated carbocycles. The molecule has 0 fully saturated rings. The highest BCUT2D eigenvalue weighted by molar-refractivity contribution is 7.12. The predicted octanol–water partition coefficient (Wildman–Crippen LogP) is 4.96. The van der Waals surface area contributed by atoms with Gasteiger partial charge in [0, 0.05) is 47.8 Å². The number of carbonyl (C=O) groups excluding carboxylic acids is 1. The van der Waals surface area contributed by atoms with Crippen LogP contribution in [0.1, 0.15) is 52.4 Å². The Morgan fingerprint density at radius 3 is 2.74 bits per heavy atom. The summed E-state index contributed by atoms with van der Waals surface area (Å²) in [7, 11) is 3.96. The molecule has 0 unspecified atom stereocenters. The normalized spacial score (nSPS) is 15.8. The van der Waals surface area contributed by atoms with Crippen molar-refractivity contribution in [1.82, 2.24) is 19.6 Å². The number of rotatable bonds is 6. The molecule has 0 N–H and O–H groups in total. The summed E-state index contributed by atoms with van der Waals surface area (Å²) in [5.41, 5.74) is 5.54. The second kappa shape index (κ2) is 9.96. The number of aryl methyl sites for hydroxylation is 1. The van der Waals surface area contributed by atoms with Crippen LogP contribution in [0.25, 0.3) is 11.1 Å². The number of hydrogen-bond acceptors (Lipinski definition) is 5. The predicted molar refractivity (Wildman–Crippen MR) is 137 cm³/mol. The van der Waals surface area contributed by atoms with Crippen LogP contribution >= 0.6 is 11.3 Å². The minimum absolute atomic E-state index is 0.00527. The van der Waals surface area contributed by atoms with Gasteiger partial charge >= 0.3 is 0 Å². The second-order valence-corrected chi connectivity index (χ2v) is 10.5. The number of nitriles is 1. The van der Waals surface area contributed by atoms with Crippen molar-refractivity contribution in [1.29, 1.82) is 5.26 Å². The third kappa shape index (κ3) is 4.84. The molecule has 2 aromatic heterocycles. The largest absolute Gasteiger partial charge is 0.333 e. The molecule has 0 radical (unpaired) electrons. The first-order valence-corrected chi connectivity index (χ1v) is 12.4. The number of fused-ring (bicyclic) bond motifs is 1. The summed E-state index contributed by atoms with van der Waals surface area (Å²) in [6.07, 6.45) is 5.69. The van der Waals surface area contributed by atoms with Gasteiger partial charge in [-0.15, -0.1) is 11.3 Å². The van der Waals surface area contributed by atoms with Gasteiger partial charge in [0.15, 0.2) is 0 Å². The van der Waals surface area contributed by atoms with Crippen molar-refractivity contribution in [3.8, 4) is 17.2 Å². The maximum Gasteiger partial charge on any atom is 0.246 e. The zero-order valence-corrected chi connectivity index (χ0v) is 21.3. The topological polar surface area (TPSA) is 65.2 Å². The summed E-state index contributed by atoms with van der Waals surface area (Å²) in [6, 6.07) is 13.0. The SMILES string of the molecule is Cc1nn(C(C)C)cc1-c1ccccc1[C@@H]1CN(C(=O)/C=C/CN(C)C)Cc2sc(C#N)cc21. The van der Waals surface area contributed by atoms with Crippen LogP contribution in [-0.4, -0.2) is 52.7 Å². The quantitative estimate of drug-likeness (QED) is 0.475. The fourth-order valence-corrected chi connectivity index (χ4v) is 5.47. The Balaban J connectivity index is 1.76. The van der Waals surface area contributed by atoms with Gasteiger partial charge in [-0.25, -0.2) is 0 Å². The molecule has 3 aromatic rings. The van der Waals surface area contributed by atoms with E-state index in [1.54, 1.807) is 6.08 Å². The van der Waals surface area contributed by atoms with Crippen molar-refractivity contribution in [2.45, 2.75) is 39.3 Å². The first-order valence-electron chi connectivity index (χ1n) is 11.6. The Kier molecular flexibility index (Phi) is 7.01. The molecule has 1 aromatic carbocycles. The zero-order valence-electron chi connectivity index (χ0n) is 20.4. The average Bonchev–Trinajstić information content (AvgIpc) is 3.41. The molecule has 1 aliphatic rings. The lowest BCUT2D eigenvalue weighted by Gasteiger charge is -2.33. The fourth-order valence-electron chi connectivity index (χ4n) is 4.43. The third-order valence-corrected chi connectivity index (χ3v) is 7.22. The highest BCUT2D eigenvalue weighted by Gasteiger charge is 2.32. The number of likely N-dealkylation sites (N-methyl/N-ethyl adjacent to an activating group) is 1. The molecule has 7 heteroatoms. The smallest absolute Gasteiger partial charge is 0.246 e. The Bertz CT molecular complexity index is 1260. The fraction of sp³-hybridized carbons (Fsp3) is 0.370. The lowest BCUT2D eigenvalue weighted by Crippen LogP contribution is -2.37. The number of benzene rings is 1. The van der Waals surface area contributed by atoms with Gasteiger partial charge in [0.05, 0.1) is 12.2 Å². The summed E-state index contributed by atoms with van der Waals surface area (Å²) >= 11 is 1.49. The lowest BCUT2D eigenvalue weighted by atomic mass is 9.84. The first-order chi connectivity index (χ1) is 16.3. The molecule has 1 aliphatic heterocycles. The van der Waals surface area contributed by atoms with Crippen molar-refractivity contribution in [2.24, 2.45) is 0 Å². The summed E-state index contributed by atoms with van der Waals surface area (Å²) in [4.78, 5) is 18.8. The van der Waals surface area contributed by atoms with Crippen LogP contribution in [0.5, 0.6) is 0 Å². The van der Waals surface area contributed by atoms with Gasteiger partial charge in [0.2, 0.25) is 5.91 Å². The number of nitrogens with zero attached hydrogens (tertiary/aromatic N) is 5. The van der Waals surface area contributed by atoms with E-state index in [-0.39, 0.29) is 17.9 Å². The van der Waals surface area contributed by atoms with Gasteiger partial charge in [0.25, 0.3) is 0 Å². The third-order valence-electron chi connectivity index (χ3n) is 6.18. The van der Waals surface area contributed by atoms with E-state index in [0.717, 1.165) is 32.8 Å². The van der Waals surface area contributed by atoms with E-state index in [0.29, 0.717) is 24.5 Å². The average molecular weight is 474 g/mol. The summed E-state index contributed by atoms with van der Waals surface area (Å²) in [5.74, 6) is -0.00278. The van der Waals surface area contributed by atoms with Crippen LogP contribution in [0.3, 0.4) is 0 Å². The summed E-state index contributed by atoms with van der Waals surface area (Å²) in [5, 5.41) is 14.3. The molecule has 176 valence electrons. The van der Waals surface area contributed by atoms with Crippen LogP contribution in [0.4, 0.5) is 0 Å². The second-order valence-electron chi connectivity index (χ2n) is 9.33. The summed E-state index contributed by atoms with van der Waals surface area (Å²) in [6.45, 7) is 8.12. The van der Waals surface area contributed by atoms with Gasteiger partial charge in [-0.2, -0.15) is 10.4 Å². The Labute approximate surface area is 205 Å². The van der Waals surface area contributed by atoms with Gasteiger partial charge in [-0.3, -0.25) is 9.48 Å². The highest BCUT2D eigenvalue weighted by atomic mass is 32.1. The van der Waals surface area contributed by atoms with E-state index in [1.165, 1.54) is 11.3 Å². The maximum absolute atomic E-state index is 13.1. The minimum Gasteiger partial charge on any atom is -0.333 e. The summed E-state index contributed by atoms with van der Waals surface area (Å²) < 4.78 is 2.00. The van der Waals surface area contributed by atoms with E-state index in [1.807, 2.05) is 47.6 Å². The molecule has 0 saturated heterocycles. The molecule has 6 nitrogen and oxygen atoms in total. The highest BCUT2D eigenvalue weighted by Crippen LogP contribution is 2.42. The Morgan fingerprint density at radius 2 is 2.06 bits per heavy atom. The van der Waals surface area contributed by atoms with E-state index in [4.69, 9.17) is 5.10 Å². The maximum atomic E-state index is 13.1. The number of carbonyl (C=O) groups is 1. The minimum atomic E-state index is -0.00806. The molecular weight excluding hydrogens is 442 g/mol. The Morgan fingerprint density at radius 1 is 1.29 bits per heavy atom. The van der Waals surface area contributed by atoms with Crippen LogP contribution in [0.15, 0.2) is 48.7 Å². The van der Waals surface area contributed by atoms with E-state index < -0.39 is 0 Å². The molecule has 34 heavy (non-hydrogen) atoms. The van der Waals surface area contributed by atoms with Gasteiger partial charge in [-0.1, -0.05) is 30.3 Å². The molecule has 0 bridgehead atoms. The molecule has 1 atom stereocenters. The number of hydrogen-bond donors (Lipinski definition) is 0. The molecule has 1 amide bonds. The number of amides is 1. The molecule has 0 spiro atoms. The van der Waals surface area contributed by atoms with Crippen molar-refractivity contribution >= 4 is 17.2 Å². The van der Waals surface area contributed by atoms with E-state index >= 15 is 0 Å². The van der Waals surface area contributed by atoms with Crippen LogP contribution in [0, 0.1) is 18.3 Å². The molecule has 3 heterocycles. The standard InChI is InChI=1S/C27H31N5OS/c1-18(2)32-16-24(19(3)29-32)21-9-6-7-10-22(21)25-15-31(27(33)11-8-12-30(4)5)17-26-23(25)13-20(14-28)34-26/h6-11,13,16,18,25H,12,15,17H2,1-5H3/b11-8+/t25-/m0/s1. The van der Waals surface area contributed by atoms with E-state index in [2.05, 4.69) is 50.4 Å². The van der Waals surface area contributed by atoms with Crippen molar-refractivity contribution in [3.05, 3.63) is 75.3 Å². The molecule has 4 rings (SSSR count). The van der Waals surface area contributed by atoms with Gasteiger partial charge < -0.3 is 9.80 Å². The number of thiophene rings is 1. The molecular formula is C27H31N5OS. The number of aromatic nitrogens is 2.